The van der Waals surface area contributed by atoms with Crippen LogP contribution in [0.1, 0.15) is 0 Å². The van der Waals surface area contributed by atoms with Gasteiger partial charge in [-0.2, -0.15) is 0 Å². The van der Waals surface area contributed by atoms with Gasteiger partial charge >= 0.3 is 0 Å². The Kier molecular flexibility index (Phi) is 4.55. The van der Waals surface area contributed by atoms with Gasteiger partial charge in [0.2, 0.25) is 0 Å². The average molecular weight is 590 g/mol. The Balaban J connectivity index is 1.25. The number of para-hydroxylation sites is 3. The zero-order valence-corrected chi connectivity index (χ0v) is 24.5. The summed E-state index contributed by atoms with van der Waals surface area (Å²) >= 11 is 0. The zero-order chi connectivity index (χ0) is 29.9. The number of fused-ring (bicyclic) bond motifs is 12. The fourth-order valence-electron chi connectivity index (χ4n) is 7.72. The third-order valence-electron chi connectivity index (χ3n) is 9.60. The van der Waals surface area contributed by atoms with Gasteiger partial charge in [-0.15, -0.1) is 0 Å². The molecule has 0 fully saturated rings. The van der Waals surface area contributed by atoms with Gasteiger partial charge in [-0.1, -0.05) is 84.9 Å². The van der Waals surface area contributed by atoms with Gasteiger partial charge in [0.05, 0.1) is 22.1 Å². The highest BCUT2D eigenvalue weighted by molar-refractivity contribution is 6.23. The predicted octanol–water partition coefficient (Wildman–Crippen LogP) is 12.1. The standard InChI is InChI=1S/C42H23NO3/c1-4-15-31-24(10-1)25-11-2-5-16-32(25)43(31)33-17-9-21-37-42(33)30-22-29-38(23-39(30)46-37)45-36-20-8-14-27(41(29)36)26-13-7-19-35-40(26)28-12-3-6-18-34(28)44-35/h1-23H. The first-order valence-electron chi connectivity index (χ1n) is 15.5. The number of rotatable bonds is 2. The number of hydrogen-bond donors (Lipinski definition) is 0. The minimum atomic E-state index is 0.802. The summed E-state index contributed by atoms with van der Waals surface area (Å²) in [6.45, 7) is 0. The molecule has 0 unspecified atom stereocenters. The van der Waals surface area contributed by atoms with Crippen molar-refractivity contribution in [3.05, 3.63) is 140 Å². The molecule has 0 aliphatic carbocycles. The lowest BCUT2D eigenvalue weighted by atomic mass is 9.95. The van der Waals surface area contributed by atoms with E-state index < -0.39 is 0 Å². The maximum atomic E-state index is 6.54. The van der Waals surface area contributed by atoms with Crippen LogP contribution < -0.4 is 0 Å². The summed E-state index contributed by atoms with van der Waals surface area (Å²) in [6, 6.07) is 48.8. The summed E-state index contributed by atoms with van der Waals surface area (Å²) in [7, 11) is 0. The van der Waals surface area contributed by atoms with Crippen LogP contribution in [0.25, 0.3) is 104 Å². The van der Waals surface area contributed by atoms with E-state index in [1.807, 2.05) is 18.2 Å². The molecule has 0 aliphatic heterocycles. The first-order chi connectivity index (χ1) is 22.8. The van der Waals surface area contributed by atoms with Crippen molar-refractivity contribution in [1.29, 1.82) is 0 Å². The Bertz CT molecular complexity index is 2980. The molecular formula is C42H23NO3. The van der Waals surface area contributed by atoms with Crippen LogP contribution in [0.2, 0.25) is 0 Å². The van der Waals surface area contributed by atoms with E-state index in [0.29, 0.717) is 0 Å². The van der Waals surface area contributed by atoms with Gasteiger partial charge < -0.3 is 17.8 Å². The van der Waals surface area contributed by atoms with Crippen LogP contribution in [0.3, 0.4) is 0 Å². The van der Waals surface area contributed by atoms with Crippen LogP contribution >= 0.6 is 0 Å². The van der Waals surface area contributed by atoms with E-state index in [-0.39, 0.29) is 0 Å². The van der Waals surface area contributed by atoms with Crippen molar-refractivity contribution in [1.82, 2.24) is 4.57 Å². The quantitative estimate of drug-likeness (QED) is 0.201. The third kappa shape index (κ3) is 3.07. The lowest BCUT2D eigenvalue weighted by Crippen LogP contribution is -1.94. The molecule has 4 aromatic heterocycles. The lowest BCUT2D eigenvalue weighted by Gasteiger charge is -2.09. The Morgan fingerprint density at radius 1 is 0.326 bits per heavy atom. The summed E-state index contributed by atoms with van der Waals surface area (Å²) < 4.78 is 21.7. The van der Waals surface area contributed by atoms with Gasteiger partial charge in [0.15, 0.2) is 0 Å². The number of benzene rings is 7. The van der Waals surface area contributed by atoms with Crippen molar-refractivity contribution in [3.63, 3.8) is 0 Å². The van der Waals surface area contributed by atoms with Crippen LogP contribution in [-0.2, 0) is 0 Å². The topological polar surface area (TPSA) is 44.4 Å². The van der Waals surface area contributed by atoms with Gasteiger partial charge in [-0.25, -0.2) is 0 Å². The van der Waals surface area contributed by atoms with Gasteiger partial charge in [0.25, 0.3) is 0 Å². The number of hydrogen-bond acceptors (Lipinski definition) is 3. The summed E-state index contributed by atoms with van der Waals surface area (Å²) in [5.41, 5.74) is 10.7. The zero-order valence-electron chi connectivity index (χ0n) is 24.5. The maximum Gasteiger partial charge on any atom is 0.139 e. The van der Waals surface area contributed by atoms with Gasteiger partial charge in [-0.3, -0.25) is 0 Å². The smallest absolute Gasteiger partial charge is 0.139 e. The molecule has 4 heterocycles. The van der Waals surface area contributed by atoms with Crippen LogP contribution in [0.4, 0.5) is 0 Å². The Labute approximate surface area is 261 Å². The van der Waals surface area contributed by atoms with Gasteiger partial charge in [0, 0.05) is 43.8 Å². The molecule has 214 valence electrons. The summed E-state index contributed by atoms with van der Waals surface area (Å²) in [6.07, 6.45) is 0. The Morgan fingerprint density at radius 2 is 0.804 bits per heavy atom. The number of nitrogens with zero attached hydrogens (tertiary/aromatic N) is 1. The molecular weight excluding hydrogens is 566 g/mol. The number of aromatic nitrogens is 1. The second-order valence-electron chi connectivity index (χ2n) is 12.0. The van der Waals surface area contributed by atoms with Crippen LogP contribution in [0.15, 0.2) is 153 Å². The largest absolute Gasteiger partial charge is 0.456 e. The van der Waals surface area contributed by atoms with E-state index in [1.165, 1.54) is 21.8 Å². The van der Waals surface area contributed by atoms with Crippen LogP contribution in [0.5, 0.6) is 0 Å². The van der Waals surface area contributed by atoms with E-state index in [9.17, 15) is 0 Å². The van der Waals surface area contributed by atoms with Crippen molar-refractivity contribution < 1.29 is 13.3 Å². The van der Waals surface area contributed by atoms with E-state index in [1.54, 1.807) is 0 Å². The van der Waals surface area contributed by atoms with E-state index in [2.05, 4.69) is 126 Å². The monoisotopic (exact) mass is 589 g/mol. The molecule has 0 amide bonds. The second-order valence-corrected chi connectivity index (χ2v) is 12.0. The van der Waals surface area contributed by atoms with E-state index in [4.69, 9.17) is 13.3 Å². The minimum absolute atomic E-state index is 0.802. The molecule has 4 heteroatoms. The molecule has 0 N–H and O–H groups in total. The van der Waals surface area contributed by atoms with Gasteiger partial charge in [0.1, 0.15) is 33.5 Å². The molecule has 0 bridgehead atoms. The first kappa shape index (κ1) is 24.1. The highest BCUT2D eigenvalue weighted by Gasteiger charge is 2.21. The first-order valence-corrected chi connectivity index (χ1v) is 15.5. The van der Waals surface area contributed by atoms with E-state index in [0.717, 1.165) is 82.6 Å². The Morgan fingerprint density at radius 3 is 1.48 bits per heavy atom. The summed E-state index contributed by atoms with van der Waals surface area (Å²) in [5.74, 6) is 0. The molecule has 7 aromatic carbocycles. The Hall–Kier alpha value is -6.26. The predicted molar refractivity (Wildman–Crippen MR) is 188 cm³/mol. The van der Waals surface area contributed by atoms with Crippen molar-refractivity contribution in [2.45, 2.75) is 0 Å². The molecule has 0 saturated carbocycles. The molecule has 4 nitrogen and oxygen atoms in total. The molecule has 0 aliphatic rings. The molecule has 0 radical (unpaired) electrons. The molecule has 11 rings (SSSR count). The second kappa shape index (κ2) is 8.68. The number of furan rings is 3. The highest BCUT2D eigenvalue weighted by Crippen LogP contribution is 2.45. The third-order valence-corrected chi connectivity index (χ3v) is 9.60. The van der Waals surface area contributed by atoms with Crippen LogP contribution in [0, 0.1) is 0 Å². The SMILES string of the molecule is c1ccc2c(c1)oc1cccc(-c3cccc4oc5cc6oc7cccc(-n8c9ccccc9c9ccccc98)c7c6cc5c34)c12. The molecule has 11 aromatic rings. The maximum absolute atomic E-state index is 6.54. The molecule has 0 spiro atoms. The fraction of sp³-hybridized carbons (Fsp3) is 0. The molecule has 0 saturated heterocycles. The highest BCUT2D eigenvalue weighted by atomic mass is 16.3. The lowest BCUT2D eigenvalue weighted by molar-refractivity contribution is 0.656. The average Bonchev–Trinajstić information content (AvgIpc) is 3.85. The summed E-state index contributed by atoms with van der Waals surface area (Å²) in [4.78, 5) is 0. The van der Waals surface area contributed by atoms with Crippen LogP contribution in [-0.4, -0.2) is 4.57 Å². The molecule has 0 atom stereocenters. The van der Waals surface area contributed by atoms with Crippen molar-refractivity contribution in [3.8, 4) is 16.8 Å². The van der Waals surface area contributed by atoms with Gasteiger partial charge in [-0.05, 0) is 59.7 Å². The summed E-state index contributed by atoms with van der Waals surface area (Å²) in [5, 5.41) is 8.97. The molecule has 46 heavy (non-hydrogen) atoms. The van der Waals surface area contributed by atoms with Crippen molar-refractivity contribution in [2.75, 3.05) is 0 Å². The minimum Gasteiger partial charge on any atom is -0.456 e. The van der Waals surface area contributed by atoms with Crippen molar-refractivity contribution in [2.24, 2.45) is 0 Å². The van der Waals surface area contributed by atoms with Crippen molar-refractivity contribution >= 4 is 87.6 Å². The normalized spacial score (nSPS) is 12.3. The van der Waals surface area contributed by atoms with E-state index >= 15 is 0 Å². The fourth-order valence-corrected chi connectivity index (χ4v) is 7.72.